The summed E-state index contributed by atoms with van der Waals surface area (Å²) in [6.07, 6.45) is 1.00. The molecule has 0 bridgehead atoms. The van der Waals surface area contributed by atoms with Crippen molar-refractivity contribution in [1.29, 1.82) is 0 Å². The lowest BCUT2D eigenvalue weighted by molar-refractivity contribution is 0.0980. The van der Waals surface area contributed by atoms with Crippen LogP contribution in [0.15, 0.2) is 60.7 Å². The zero-order valence-corrected chi connectivity index (χ0v) is 12.1. The van der Waals surface area contributed by atoms with Crippen LogP contribution in [0.1, 0.15) is 22.3 Å². The van der Waals surface area contributed by atoms with Crippen LogP contribution in [0.25, 0.3) is 10.8 Å². The molecule has 22 heavy (non-hydrogen) atoms. The average molecular weight is 291 g/mol. The number of hydrogen-bond acceptors (Lipinski definition) is 3. The lowest BCUT2D eigenvalue weighted by Gasteiger charge is -2.06. The van der Waals surface area contributed by atoms with Gasteiger partial charge in [0.15, 0.2) is 5.78 Å². The van der Waals surface area contributed by atoms with Crippen LogP contribution in [-0.4, -0.2) is 10.9 Å². The largest absolute Gasteiger partial charge is 0.507 e. The molecule has 3 nitrogen and oxygen atoms in total. The van der Waals surface area contributed by atoms with E-state index in [4.69, 9.17) is 5.73 Å². The summed E-state index contributed by atoms with van der Waals surface area (Å²) in [6.45, 7) is 0. The van der Waals surface area contributed by atoms with Crippen LogP contribution < -0.4 is 5.73 Å². The molecule has 110 valence electrons. The molecule has 0 radical (unpaired) electrons. The Morgan fingerprint density at radius 1 is 0.955 bits per heavy atom. The monoisotopic (exact) mass is 291 g/mol. The maximum absolute atomic E-state index is 12.2. The van der Waals surface area contributed by atoms with Crippen molar-refractivity contribution in [3.63, 3.8) is 0 Å². The summed E-state index contributed by atoms with van der Waals surface area (Å²) in [5, 5.41) is 12.2. The Kier molecular flexibility index (Phi) is 3.79. The summed E-state index contributed by atoms with van der Waals surface area (Å²) in [4.78, 5) is 12.2. The molecule has 3 aromatic rings. The van der Waals surface area contributed by atoms with Crippen molar-refractivity contribution in [2.24, 2.45) is 0 Å². The Bertz CT molecular complexity index is 840. The molecule has 3 heteroatoms. The highest BCUT2D eigenvalue weighted by molar-refractivity contribution is 5.99. The zero-order valence-electron chi connectivity index (χ0n) is 12.1. The van der Waals surface area contributed by atoms with Crippen molar-refractivity contribution in [1.82, 2.24) is 0 Å². The predicted octanol–water partition coefficient (Wildman–Crippen LogP) is 3.94. The minimum absolute atomic E-state index is 0.0523. The van der Waals surface area contributed by atoms with Gasteiger partial charge in [-0.05, 0) is 34.9 Å². The van der Waals surface area contributed by atoms with Gasteiger partial charge in [0.05, 0.1) is 5.56 Å². The number of rotatable bonds is 4. The van der Waals surface area contributed by atoms with Gasteiger partial charge in [0, 0.05) is 18.2 Å². The summed E-state index contributed by atoms with van der Waals surface area (Å²) >= 11 is 0. The molecule has 0 atom stereocenters. The number of fused-ring (bicyclic) bond motifs is 1. The van der Waals surface area contributed by atoms with Crippen LogP contribution >= 0.6 is 0 Å². The Morgan fingerprint density at radius 2 is 1.73 bits per heavy atom. The molecule has 0 aliphatic rings. The standard InChI is InChI=1S/C19H17NO2/c20-16-8-9-17(19(22)12-16)18(21)10-6-13-5-7-14-3-1-2-4-15(14)11-13/h1-5,7-9,11-12,22H,6,10,20H2. The van der Waals surface area contributed by atoms with Crippen molar-refractivity contribution in [3.8, 4) is 5.75 Å². The molecule has 0 saturated heterocycles. The Morgan fingerprint density at radius 3 is 2.50 bits per heavy atom. The fourth-order valence-corrected chi connectivity index (χ4v) is 2.57. The van der Waals surface area contributed by atoms with Gasteiger partial charge in [0.25, 0.3) is 0 Å². The van der Waals surface area contributed by atoms with Crippen molar-refractivity contribution in [3.05, 3.63) is 71.8 Å². The summed E-state index contributed by atoms with van der Waals surface area (Å²) in [6, 6.07) is 19.0. The van der Waals surface area contributed by atoms with Crippen LogP contribution in [0, 0.1) is 0 Å². The third kappa shape index (κ3) is 2.93. The van der Waals surface area contributed by atoms with E-state index in [0.717, 1.165) is 5.56 Å². The van der Waals surface area contributed by atoms with Crippen molar-refractivity contribution in [2.75, 3.05) is 5.73 Å². The molecule has 3 N–H and O–H groups in total. The second kappa shape index (κ2) is 5.90. The molecular weight excluding hydrogens is 274 g/mol. The fourth-order valence-electron chi connectivity index (χ4n) is 2.57. The maximum Gasteiger partial charge on any atom is 0.166 e. The number of nitrogens with two attached hydrogens (primary N) is 1. The van der Waals surface area contributed by atoms with Gasteiger partial charge in [-0.3, -0.25) is 4.79 Å². The van der Waals surface area contributed by atoms with Crippen molar-refractivity contribution in [2.45, 2.75) is 12.8 Å². The van der Waals surface area contributed by atoms with Gasteiger partial charge < -0.3 is 10.8 Å². The molecule has 0 aliphatic carbocycles. The summed E-state index contributed by atoms with van der Waals surface area (Å²) in [5.41, 5.74) is 7.46. The highest BCUT2D eigenvalue weighted by Crippen LogP contribution is 2.23. The number of hydrogen-bond donors (Lipinski definition) is 2. The lowest BCUT2D eigenvalue weighted by Crippen LogP contribution is -2.02. The SMILES string of the molecule is Nc1ccc(C(=O)CCc2ccc3ccccc3c2)c(O)c1. The first-order valence-corrected chi connectivity index (χ1v) is 7.23. The fraction of sp³-hybridized carbons (Fsp3) is 0.105. The normalized spacial score (nSPS) is 10.7. The van der Waals surface area contributed by atoms with Gasteiger partial charge in [-0.2, -0.15) is 0 Å². The number of benzene rings is 3. The zero-order chi connectivity index (χ0) is 15.5. The van der Waals surface area contributed by atoms with Crippen molar-refractivity contribution >= 4 is 22.2 Å². The van der Waals surface area contributed by atoms with E-state index in [2.05, 4.69) is 24.3 Å². The number of aryl methyl sites for hydroxylation is 1. The number of carbonyl (C=O) groups is 1. The minimum atomic E-state index is -0.0781. The number of Topliss-reactive ketones (excluding diaryl/α,β-unsaturated/α-hetero) is 1. The molecule has 0 saturated carbocycles. The van der Waals surface area contributed by atoms with E-state index in [0.29, 0.717) is 24.1 Å². The summed E-state index contributed by atoms with van der Waals surface area (Å²) < 4.78 is 0. The maximum atomic E-state index is 12.2. The highest BCUT2D eigenvalue weighted by atomic mass is 16.3. The van der Waals surface area contributed by atoms with Crippen LogP contribution in [-0.2, 0) is 6.42 Å². The minimum Gasteiger partial charge on any atom is -0.507 e. The third-order valence-electron chi connectivity index (χ3n) is 3.78. The molecule has 3 rings (SSSR count). The quantitative estimate of drug-likeness (QED) is 0.565. The molecule has 3 aromatic carbocycles. The summed E-state index contributed by atoms with van der Waals surface area (Å²) in [5.74, 6) is -0.130. The number of nitrogen functional groups attached to an aromatic ring is 1. The molecule has 0 spiro atoms. The van der Waals surface area contributed by atoms with Gasteiger partial charge in [0.2, 0.25) is 0 Å². The Labute approximate surface area is 129 Å². The highest BCUT2D eigenvalue weighted by Gasteiger charge is 2.11. The topological polar surface area (TPSA) is 63.3 Å². The van der Waals surface area contributed by atoms with Gasteiger partial charge in [-0.15, -0.1) is 0 Å². The van der Waals surface area contributed by atoms with E-state index in [1.54, 1.807) is 12.1 Å². The van der Waals surface area contributed by atoms with E-state index in [1.165, 1.54) is 16.8 Å². The lowest BCUT2D eigenvalue weighted by atomic mass is 10.00. The van der Waals surface area contributed by atoms with Crippen LogP contribution in [0.4, 0.5) is 5.69 Å². The number of carbonyl (C=O) groups excluding carboxylic acids is 1. The Balaban J connectivity index is 1.74. The van der Waals surface area contributed by atoms with E-state index < -0.39 is 0 Å². The van der Waals surface area contributed by atoms with Gasteiger partial charge >= 0.3 is 0 Å². The second-order valence-electron chi connectivity index (χ2n) is 5.38. The molecular formula is C19H17NO2. The van der Waals surface area contributed by atoms with E-state index >= 15 is 0 Å². The third-order valence-corrected chi connectivity index (χ3v) is 3.78. The average Bonchev–Trinajstić information content (AvgIpc) is 2.52. The van der Waals surface area contributed by atoms with Crippen molar-refractivity contribution < 1.29 is 9.90 Å². The number of aromatic hydroxyl groups is 1. The smallest absolute Gasteiger partial charge is 0.166 e. The van der Waals surface area contributed by atoms with E-state index in [9.17, 15) is 9.90 Å². The molecule has 0 aliphatic heterocycles. The first-order valence-electron chi connectivity index (χ1n) is 7.23. The predicted molar refractivity (Wildman–Crippen MR) is 89.1 cm³/mol. The van der Waals surface area contributed by atoms with E-state index in [-0.39, 0.29) is 11.5 Å². The van der Waals surface area contributed by atoms with E-state index in [1.807, 2.05) is 18.2 Å². The molecule has 0 aromatic heterocycles. The van der Waals surface area contributed by atoms with Gasteiger partial charge in [0.1, 0.15) is 5.75 Å². The van der Waals surface area contributed by atoms with Gasteiger partial charge in [-0.25, -0.2) is 0 Å². The van der Waals surface area contributed by atoms with Gasteiger partial charge in [-0.1, -0.05) is 42.5 Å². The number of phenolic OH excluding ortho intramolecular Hbond substituents is 1. The number of phenols is 1. The molecule has 0 fully saturated rings. The number of ketones is 1. The molecule has 0 amide bonds. The molecule has 0 heterocycles. The first kappa shape index (κ1) is 14.1. The van der Waals surface area contributed by atoms with Crippen LogP contribution in [0.5, 0.6) is 5.75 Å². The summed E-state index contributed by atoms with van der Waals surface area (Å²) in [7, 11) is 0. The van der Waals surface area contributed by atoms with Crippen LogP contribution in [0.3, 0.4) is 0 Å². The number of anilines is 1. The Hall–Kier alpha value is -2.81. The second-order valence-corrected chi connectivity index (χ2v) is 5.38. The first-order chi connectivity index (χ1) is 10.6. The van der Waals surface area contributed by atoms with Crippen LogP contribution in [0.2, 0.25) is 0 Å². The molecule has 0 unspecified atom stereocenters.